The van der Waals surface area contributed by atoms with Crippen LogP contribution in [0.4, 0.5) is 15.4 Å². The predicted molar refractivity (Wildman–Crippen MR) is 50.5 cm³/mol. The van der Waals surface area contributed by atoms with Crippen molar-refractivity contribution in [2.24, 2.45) is 0 Å². The molecule has 6 nitrogen and oxygen atoms in total. The Morgan fingerprint density at radius 3 is 2.36 bits per heavy atom. The Labute approximate surface area is 86.9 Å². The highest BCUT2D eigenvalue weighted by atomic mass is 79.9. The molecule has 0 unspecified atom stereocenters. The summed E-state index contributed by atoms with van der Waals surface area (Å²) in [6.45, 7) is 0. The molecule has 0 aliphatic rings. The summed E-state index contributed by atoms with van der Waals surface area (Å²) in [5, 5.41) is 17.2. The molecule has 0 radical (unpaired) electrons. The Hall–Kier alpha value is -1.63. The third-order valence-corrected chi connectivity index (χ3v) is 1.81. The molecule has 0 aliphatic carbocycles. The molecule has 2 N–H and O–H groups in total. The molecule has 0 aromatic carbocycles. The molecule has 1 aromatic heterocycles. The number of hydrogen-bond donors (Lipinski definition) is 2. The third kappa shape index (κ3) is 2.19. The fourth-order valence-corrected chi connectivity index (χ4v) is 1.12. The molecule has 74 valence electrons. The molecule has 1 aromatic rings. The van der Waals surface area contributed by atoms with Crippen LogP contribution in [-0.2, 0) is 0 Å². The maximum absolute atomic E-state index is 10.5. The fraction of sp³-hybridized carbons (Fsp3) is 0. The molecular formula is C7H5BrN2O4. The second kappa shape index (κ2) is 4.05. The summed E-state index contributed by atoms with van der Waals surface area (Å²) in [5.41, 5.74) is 0. The van der Waals surface area contributed by atoms with Crippen molar-refractivity contribution in [1.82, 2.24) is 4.98 Å². The van der Waals surface area contributed by atoms with Crippen LogP contribution in [0.3, 0.4) is 0 Å². The molecule has 0 spiro atoms. The van der Waals surface area contributed by atoms with Crippen molar-refractivity contribution in [2.75, 3.05) is 4.90 Å². The van der Waals surface area contributed by atoms with Crippen LogP contribution in [0.5, 0.6) is 0 Å². The van der Waals surface area contributed by atoms with E-state index >= 15 is 0 Å². The number of amides is 2. The lowest BCUT2D eigenvalue weighted by Gasteiger charge is -2.11. The van der Waals surface area contributed by atoms with Crippen molar-refractivity contribution in [3.8, 4) is 0 Å². The molecule has 0 saturated carbocycles. The molecular weight excluding hydrogens is 256 g/mol. The zero-order chi connectivity index (χ0) is 10.7. The van der Waals surface area contributed by atoms with Gasteiger partial charge in [0, 0.05) is 10.7 Å². The smallest absolute Gasteiger partial charge is 0.422 e. The molecule has 2 amide bonds. The van der Waals surface area contributed by atoms with E-state index in [0.717, 1.165) is 0 Å². The highest BCUT2D eigenvalue weighted by Crippen LogP contribution is 2.17. The van der Waals surface area contributed by atoms with Crippen LogP contribution in [0, 0.1) is 0 Å². The highest BCUT2D eigenvalue weighted by molar-refractivity contribution is 9.10. The van der Waals surface area contributed by atoms with E-state index in [2.05, 4.69) is 20.9 Å². The topological polar surface area (TPSA) is 90.7 Å². The quantitative estimate of drug-likeness (QED) is 0.806. The lowest BCUT2D eigenvalue weighted by atomic mass is 10.4. The van der Waals surface area contributed by atoms with E-state index in [9.17, 15) is 9.59 Å². The van der Waals surface area contributed by atoms with Gasteiger partial charge in [0.2, 0.25) is 0 Å². The standard InChI is InChI=1S/C7H5BrN2O4/c8-4-1-2-9-5(3-4)10(6(11)12)7(13)14/h1-3H,(H,11,12)(H,13,14). The minimum atomic E-state index is -1.59. The van der Waals surface area contributed by atoms with E-state index in [0.29, 0.717) is 4.47 Å². The number of carbonyl (C=O) groups is 2. The molecule has 0 atom stereocenters. The van der Waals surface area contributed by atoms with E-state index in [4.69, 9.17) is 10.2 Å². The van der Waals surface area contributed by atoms with Crippen LogP contribution in [0.15, 0.2) is 22.8 Å². The lowest BCUT2D eigenvalue weighted by molar-refractivity contribution is 0.184. The summed E-state index contributed by atoms with van der Waals surface area (Å²) in [5.74, 6) is -0.167. The Bertz CT molecular complexity index is 368. The maximum Gasteiger partial charge on any atom is 0.422 e. The number of aromatic nitrogens is 1. The number of anilines is 1. The number of carboxylic acid groups (broad SMARTS) is 2. The Balaban J connectivity index is 3.12. The first-order valence-electron chi connectivity index (χ1n) is 3.40. The van der Waals surface area contributed by atoms with Crippen LogP contribution in [0.25, 0.3) is 0 Å². The second-order valence-electron chi connectivity index (χ2n) is 2.23. The van der Waals surface area contributed by atoms with Gasteiger partial charge in [-0.3, -0.25) is 0 Å². The van der Waals surface area contributed by atoms with Gasteiger partial charge in [-0.2, -0.15) is 4.90 Å². The van der Waals surface area contributed by atoms with E-state index in [1.165, 1.54) is 12.3 Å². The van der Waals surface area contributed by atoms with Gasteiger partial charge in [-0.1, -0.05) is 15.9 Å². The monoisotopic (exact) mass is 260 g/mol. The second-order valence-corrected chi connectivity index (χ2v) is 3.15. The third-order valence-electron chi connectivity index (χ3n) is 1.32. The van der Waals surface area contributed by atoms with Crippen molar-refractivity contribution in [3.05, 3.63) is 22.8 Å². The zero-order valence-corrected chi connectivity index (χ0v) is 8.30. The Kier molecular flexibility index (Phi) is 3.03. The average molecular weight is 261 g/mol. The molecule has 14 heavy (non-hydrogen) atoms. The van der Waals surface area contributed by atoms with Gasteiger partial charge in [0.05, 0.1) is 0 Å². The summed E-state index contributed by atoms with van der Waals surface area (Å²) in [4.78, 5) is 24.8. The number of pyridine rings is 1. The van der Waals surface area contributed by atoms with Gasteiger partial charge < -0.3 is 10.2 Å². The van der Waals surface area contributed by atoms with E-state index in [1.807, 2.05) is 0 Å². The highest BCUT2D eigenvalue weighted by Gasteiger charge is 2.23. The number of rotatable bonds is 1. The van der Waals surface area contributed by atoms with Crippen LogP contribution in [-0.4, -0.2) is 27.4 Å². The molecule has 1 rings (SSSR count). The van der Waals surface area contributed by atoms with Gasteiger partial charge in [0.1, 0.15) is 5.82 Å². The summed E-state index contributed by atoms with van der Waals surface area (Å²) in [6.07, 6.45) is -1.88. The maximum atomic E-state index is 10.5. The fourth-order valence-electron chi connectivity index (χ4n) is 0.794. The van der Waals surface area contributed by atoms with Crippen LogP contribution >= 0.6 is 15.9 Å². The number of nitrogens with zero attached hydrogens (tertiary/aromatic N) is 2. The molecule has 0 bridgehead atoms. The van der Waals surface area contributed by atoms with E-state index in [1.54, 1.807) is 6.07 Å². The average Bonchev–Trinajstić information content (AvgIpc) is 2.02. The van der Waals surface area contributed by atoms with E-state index < -0.39 is 12.2 Å². The Morgan fingerprint density at radius 2 is 1.93 bits per heavy atom. The summed E-state index contributed by atoms with van der Waals surface area (Å²) >= 11 is 3.08. The van der Waals surface area contributed by atoms with Gasteiger partial charge in [-0.05, 0) is 12.1 Å². The van der Waals surface area contributed by atoms with Crippen molar-refractivity contribution < 1.29 is 19.8 Å². The van der Waals surface area contributed by atoms with Crippen LogP contribution in [0.1, 0.15) is 0 Å². The largest absolute Gasteiger partial charge is 0.464 e. The molecule has 0 fully saturated rings. The molecule has 7 heteroatoms. The first kappa shape index (κ1) is 10.5. The SMILES string of the molecule is O=C(O)N(C(=O)O)c1cc(Br)ccn1. The predicted octanol–water partition coefficient (Wildman–Crippen LogP) is 2.01. The minimum absolute atomic E-state index is 0.130. The van der Waals surface area contributed by atoms with Crippen LogP contribution < -0.4 is 4.90 Å². The summed E-state index contributed by atoms with van der Waals surface area (Å²) in [7, 11) is 0. The van der Waals surface area contributed by atoms with Gasteiger partial charge in [0.15, 0.2) is 0 Å². The number of hydrogen-bond acceptors (Lipinski definition) is 3. The van der Waals surface area contributed by atoms with Crippen molar-refractivity contribution in [2.45, 2.75) is 0 Å². The van der Waals surface area contributed by atoms with Gasteiger partial charge in [-0.25, -0.2) is 14.6 Å². The van der Waals surface area contributed by atoms with Gasteiger partial charge >= 0.3 is 12.2 Å². The van der Waals surface area contributed by atoms with Crippen LogP contribution in [0.2, 0.25) is 0 Å². The molecule has 0 saturated heterocycles. The zero-order valence-electron chi connectivity index (χ0n) is 6.72. The normalized spacial score (nSPS) is 9.50. The first-order valence-corrected chi connectivity index (χ1v) is 4.19. The number of imide groups is 1. The summed E-state index contributed by atoms with van der Waals surface area (Å²) in [6, 6.07) is 2.85. The summed E-state index contributed by atoms with van der Waals surface area (Å²) < 4.78 is 0.551. The van der Waals surface area contributed by atoms with Crippen molar-refractivity contribution in [3.63, 3.8) is 0 Å². The molecule has 0 aliphatic heterocycles. The first-order chi connectivity index (χ1) is 6.52. The van der Waals surface area contributed by atoms with E-state index in [-0.39, 0.29) is 10.7 Å². The lowest BCUT2D eigenvalue weighted by Crippen LogP contribution is -2.34. The number of halogens is 1. The molecule has 1 heterocycles. The van der Waals surface area contributed by atoms with Crippen molar-refractivity contribution in [1.29, 1.82) is 0 Å². The Morgan fingerprint density at radius 1 is 1.36 bits per heavy atom. The minimum Gasteiger partial charge on any atom is -0.464 e. The van der Waals surface area contributed by atoms with Crippen molar-refractivity contribution >= 4 is 33.9 Å². The van der Waals surface area contributed by atoms with Gasteiger partial charge in [0.25, 0.3) is 0 Å². The van der Waals surface area contributed by atoms with Gasteiger partial charge in [-0.15, -0.1) is 0 Å².